The number of carbonyl (C=O) groups excluding carboxylic acids is 1. The van der Waals surface area contributed by atoms with Crippen molar-refractivity contribution in [3.63, 3.8) is 0 Å². The summed E-state index contributed by atoms with van der Waals surface area (Å²) in [6.45, 7) is -0.0856. The molecule has 136 valence electrons. The van der Waals surface area contributed by atoms with Crippen molar-refractivity contribution in [1.29, 1.82) is 0 Å². The Labute approximate surface area is 153 Å². The van der Waals surface area contributed by atoms with Crippen molar-refractivity contribution in [1.82, 2.24) is 5.16 Å². The predicted octanol–water partition coefficient (Wildman–Crippen LogP) is 4.59. The average Bonchev–Trinajstić information content (AvgIpc) is 3.33. The second-order valence-electron chi connectivity index (χ2n) is 5.75. The van der Waals surface area contributed by atoms with Crippen molar-refractivity contribution in [2.75, 3.05) is 7.11 Å². The van der Waals surface area contributed by atoms with E-state index in [9.17, 15) is 9.18 Å². The molecule has 2 aromatic carbocycles. The van der Waals surface area contributed by atoms with E-state index in [1.165, 1.54) is 19.2 Å². The molecule has 0 saturated carbocycles. The third-order valence-corrected chi connectivity index (χ3v) is 3.97. The lowest BCUT2D eigenvalue weighted by molar-refractivity contribution is 0.0430. The van der Waals surface area contributed by atoms with Crippen LogP contribution in [0.25, 0.3) is 22.3 Å². The molecule has 0 aliphatic heterocycles. The number of para-hydroxylation sites is 1. The van der Waals surface area contributed by atoms with E-state index >= 15 is 0 Å². The Morgan fingerprint density at radius 3 is 2.74 bits per heavy atom. The fourth-order valence-electron chi connectivity index (χ4n) is 2.64. The monoisotopic (exact) mass is 367 g/mol. The summed E-state index contributed by atoms with van der Waals surface area (Å²) in [5, 5.41) is 4.59. The maximum Gasteiger partial charge on any atom is 0.374 e. The standard InChI is InChI=1S/C20H14FNO5/c1-24-16-4-2-3-13-9-18(26-19(13)16)20(23)25-11-15-10-17(27-22-15)12-5-7-14(21)8-6-12/h2-10H,11H2,1H3. The van der Waals surface area contributed by atoms with E-state index in [1.54, 1.807) is 36.4 Å². The van der Waals surface area contributed by atoms with Gasteiger partial charge in [0.05, 0.1) is 7.11 Å². The second kappa shape index (κ2) is 6.95. The summed E-state index contributed by atoms with van der Waals surface area (Å²) in [6, 6.07) is 14.4. The number of rotatable bonds is 5. The summed E-state index contributed by atoms with van der Waals surface area (Å²) in [7, 11) is 1.53. The third-order valence-electron chi connectivity index (χ3n) is 3.97. The Morgan fingerprint density at radius 1 is 1.15 bits per heavy atom. The molecular weight excluding hydrogens is 353 g/mol. The Balaban J connectivity index is 1.46. The molecule has 0 unspecified atom stereocenters. The van der Waals surface area contributed by atoms with E-state index in [0.717, 1.165) is 5.39 Å². The number of furan rings is 1. The average molecular weight is 367 g/mol. The third kappa shape index (κ3) is 3.39. The number of ether oxygens (including phenoxy) is 2. The van der Waals surface area contributed by atoms with Gasteiger partial charge in [0.15, 0.2) is 17.1 Å². The van der Waals surface area contributed by atoms with E-state index in [4.69, 9.17) is 18.4 Å². The molecule has 2 aromatic heterocycles. The summed E-state index contributed by atoms with van der Waals surface area (Å²) >= 11 is 0. The van der Waals surface area contributed by atoms with Gasteiger partial charge in [0.2, 0.25) is 5.76 Å². The summed E-state index contributed by atoms with van der Waals surface area (Å²) in [5.41, 5.74) is 1.58. The molecular formula is C20H14FNO5. The van der Waals surface area contributed by atoms with Crippen molar-refractivity contribution < 1.29 is 27.6 Å². The molecule has 0 radical (unpaired) electrons. The van der Waals surface area contributed by atoms with Gasteiger partial charge < -0.3 is 18.4 Å². The van der Waals surface area contributed by atoms with Gasteiger partial charge in [-0.3, -0.25) is 0 Å². The summed E-state index contributed by atoms with van der Waals surface area (Å²) in [5.74, 6) is 0.0905. The van der Waals surface area contributed by atoms with Crippen molar-refractivity contribution in [3.8, 4) is 17.1 Å². The Kier molecular flexibility index (Phi) is 4.33. The molecule has 0 N–H and O–H groups in total. The fraction of sp³-hybridized carbons (Fsp3) is 0.100. The second-order valence-corrected chi connectivity index (χ2v) is 5.75. The first-order chi connectivity index (χ1) is 13.1. The molecule has 0 aliphatic rings. The van der Waals surface area contributed by atoms with Crippen LogP contribution in [-0.4, -0.2) is 18.2 Å². The van der Waals surface area contributed by atoms with Gasteiger partial charge in [0, 0.05) is 17.0 Å². The number of fused-ring (bicyclic) bond motifs is 1. The molecule has 27 heavy (non-hydrogen) atoms. The molecule has 0 atom stereocenters. The van der Waals surface area contributed by atoms with E-state index in [-0.39, 0.29) is 18.2 Å². The zero-order valence-electron chi connectivity index (χ0n) is 14.3. The van der Waals surface area contributed by atoms with Crippen LogP contribution in [-0.2, 0) is 11.3 Å². The minimum absolute atomic E-state index is 0.0664. The number of aromatic nitrogens is 1. The number of hydrogen-bond donors (Lipinski definition) is 0. The van der Waals surface area contributed by atoms with Gasteiger partial charge in [0.1, 0.15) is 18.1 Å². The van der Waals surface area contributed by atoms with Crippen LogP contribution in [0.4, 0.5) is 4.39 Å². The van der Waals surface area contributed by atoms with Gasteiger partial charge in [-0.15, -0.1) is 0 Å². The maximum atomic E-state index is 13.0. The van der Waals surface area contributed by atoms with Crippen molar-refractivity contribution in [3.05, 3.63) is 71.9 Å². The topological polar surface area (TPSA) is 74.7 Å². The zero-order valence-corrected chi connectivity index (χ0v) is 14.3. The lowest BCUT2D eigenvalue weighted by atomic mass is 10.1. The van der Waals surface area contributed by atoms with Crippen LogP contribution in [0.2, 0.25) is 0 Å². The predicted molar refractivity (Wildman–Crippen MR) is 93.8 cm³/mol. The zero-order chi connectivity index (χ0) is 18.8. The number of benzene rings is 2. The van der Waals surface area contributed by atoms with Gasteiger partial charge in [-0.25, -0.2) is 9.18 Å². The molecule has 6 nitrogen and oxygen atoms in total. The Morgan fingerprint density at radius 2 is 1.96 bits per heavy atom. The van der Waals surface area contributed by atoms with Crippen LogP contribution < -0.4 is 4.74 Å². The number of carbonyl (C=O) groups is 1. The van der Waals surface area contributed by atoms with Crippen LogP contribution >= 0.6 is 0 Å². The van der Waals surface area contributed by atoms with Crippen LogP contribution in [0.3, 0.4) is 0 Å². The van der Waals surface area contributed by atoms with Crippen molar-refractivity contribution >= 4 is 16.9 Å². The normalized spacial score (nSPS) is 10.9. The molecule has 7 heteroatoms. The van der Waals surface area contributed by atoms with Gasteiger partial charge in [-0.2, -0.15) is 0 Å². The minimum atomic E-state index is -0.625. The number of methoxy groups -OCH3 is 1. The van der Waals surface area contributed by atoms with Crippen molar-refractivity contribution in [2.24, 2.45) is 0 Å². The highest BCUT2D eigenvalue weighted by atomic mass is 19.1. The van der Waals surface area contributed by atoms with E-state index in [2.05, 4.69) is 5.16 Å². The van der Waals surface area contributed by atoms with Crippen LogP contribution in [0.5, 0.6) is 5.75 Å². The summed E-state index contributed by atoms with van der Waals surface area (Å²) < 4.78 is 34.2. The maximum absolute atomic E-state index is 13.0. The molecule has 4 rings (SSSR count). The highest BCUT2D eigenvalue weighted by molar-refractivity contribution is 5.94. The number of hydrogen-bond acceptors (Lipinski definition) is 6. The Hall–Kier alpha value is -3.61. The molecule has 0 bridgehead atoms. The molecule has 0 spiro atoms. The van der Waals surface area contributed by atoms with Gasteiger partial charge in [0.25, 0.3) is 0 Å². The molecule has 0 fully saturated rings. The van der Waals surface area contributed by atoms with E-state index in [1.807, 2.05) is 6.07 Å². The molecule has 0 aliphatic carbocycles. The fourth-order valence-corrected chi connectivity index (χ4v) is 2.64. The molecule has 2 heterocycles. The van der Waals surface area contributed by atoms with Crippen molar-refractivity contribution in [2.45, 2.75) is 6.61 Å². The van der Waals surface area contributed by atoms with E-state index < -0.39 is 5.97 Å². The van der Waals surface area contributed by atoms with Gasteiger partial charge >= 0.3 is 5.97 Å². The first-order valence-corrected chi connectivity index (χ1v) is 8.09. The highest BCUT2D eigenvalue weighted by Crippen LogP contribution is 2.29. The number of esters is 1. The number of halogens is 1. The number of nitrogens with zero attached hydrogens (tertiary/aromatic N) is 1. The van der Waals surface area contributed by atoms with Crippen LogP contribution in [0.1, 0.15) is 16.2 Å². The highest BCUT2D eigenvalue weighted by Gasteiger charge is 2.17. The van der Waals surface area contributed by atoms with E-state index in [0.29, 0.717) is 28.4 Å². The molecule has 0 saturated heterocycles. The molecule has 4 aromatic rings. The largest absolute Gasteiger partial charge is 0.493 e. The molecule has 0 amide bonds. The summed E-state index contributed by atoms with van der Waals surface area (Å²) in [4.78, 5) is 12.2. The first-order valence-electron chi connectivity index (χ1n) is 8.09. The quantitative estimate of drug-likeness (QED) is 0.480. The minimum Gasteiger partial charge on any atom is -0.493 e. The first kappa shape index (κ1) is 16.8. The lowest BCUT2D eigenvalue weighted by Gasteiger charge is -2.00. The van der Waals surface area contributed by atoms with Gasteiger partial charge in [-0.1, -0.05) is 17.3 Å². The Bertz CT molecular complexity index is 1100. The lowest BCUT2D eigenvalue weighted by Crippen LogP contribution is -2.03. The van der Waals surface area contributed by atoms with Gasteiger partial charge in [-0.05, 0) is 36.4 Å². The van der Waals surface area contributed by atoms with Crippen LogP contribution in [0.15, 0.2) is 63.5 Å². The summed E-state index contributed by atoms with van der Waals surface area (Å²) in [6.07, 6.45) is 0. The smallest absolute Gasteiger partial charge is 0.374 e. The SMILES string of the molecule is COc1cccc2cc(C(=O)OCc3cc(-c4ccc(F)cc4)on3)oc12. The van der Waals surface area contributed by atoms with Crippen LogP contribution in [0, 0.1) is 5.82 Å².